The van der Waals surface area contributed by atoms with Crippen molar-refractivity contribution in [2.45, 2.75) is 58.7 Å². The average molecular weight is 376 g/mol. The first-order valence-electron chi connectivity index (χ1n) is 8.55. The second-order valence-corrected chi connectivity index (χ2v) is 10.4. The van der Waals surface area contributed by atoms with Crippen LogP contribution in [0.1, 0.15) is 45.6 Å². The topological polar surface area (TPSA) is 14.1 Å². The molecule has 0 aromatic heterocycles. The Morgan fingerprint density at radius 2 is 1.75 bits per heavy atom. The summed E-state index contributed by atoms with van der Waals surface area (Å²) in [6, 6.07) is 8.88. The van der Waals surface area contributed by atoms with Crippen LogP contribution in [0.15, 0.2) is 35.5 Å². The third-order valence-corrected chi connectivity index (χ3v) is 5.59. The molecule has 2 nitrogen and oxygen atoms in total. The summed E-state index contributed by atoms with van der Waals surface area (Å²) in [6.45, 7) is 13.1. The van der Waals surface area contributed by atoms with Crippen LogP contribution in [0.2, 0.25) is 13.1 Å². The second-order valence-electron chi connectivity index (χ2n) is 8.30. The molecule has 24 heavy (non-hydrogen) atoms. The van der Waals surface area contributed by atoms with Gasteiger partial charge >= 0.3 is 21.7 Å². The van der Waals surface area contributed by atoms with Crippen molar-refractivity contribution in [3.63, 3.8) is 0 Å². The average Bonchev–Trinajstić information content (AvgIpc) is 2.88. The molecule has 0 saturated carbocycles. The predicted molar refractivity (Wildman–Crippen MR) is 105 cm³/mol. The Morgan fingerprint density at radius 1 is 1.17 bits per heavy atom. The van der Waals surface area contributed by atoms with Gasteiger partial charge in [-0.2, -0.15) is 5.57 Å². The Bertz CT molecular complexity index is 600. The summed E-state index contributed by atoms with van der Waals surface area (Å²) in [5, 5.41) is 0. The molecule has 0 saturated heterocycles. The van der Waals surface area contributed by atoms with Crippen molar-refractivity contribution >= 4 is 14.6 Å². The summed E-state index contributed by atoms with van der Waals surface area (Å²) < 4.78 is 0.948. The molecule has 0 spiro atoms. The first-order valence-corrected chi connectivity index (χ1v) is 11.0. The van der Waals surface area contributed by atoms with E-state index in [1.54, 1.807) is 5.70 Å². The number of hydrogen-bond donors (Lipinski definition) is 0. The third kappa shape index (κ3) is 4.64. The maximum atomic E-state index is 4.51. The summed E-state index contributed by atoms with van der Waals surface area (Å²) in [6.07, 6.45) is 3.58. The first kappa shape index (κ1) is 21.7. The van der Waals surface area contributed by atoms with Gasteiger partial charge in [0, 0.05) is 5.56 Å². The number of rotatable bonds is 1. The van der Waals surface area contributed by atoms with Crippen molar-refractivity contribution in [1.29, 1.82) is 0 Å². The Balaban J connectivity index is 0.000000279. The molecular formula is C20H32N2SiTi+. The number of allylic oxidation sites excluding steroid dienone is 2. The number of benzene rings is 1. The van der Waals surface area contributed by atoms with Crippen molar-refractivity contribution in [3.8, 4) is 0 Å². The smallest absolute Gasteiger partial charge is 0.663 e. The van der Waals surface area contributed by atoms with Crippen LogP contribution < -0.4 is 4.48 Å². The summed E-state index contributed by atoms with van der Waals surface area (Å²) >= 11 is 0. The number of nitrogens with zero attached hydrogens (tertiary/aromatic N) is 2. The summed E-state index contributed by atoms with van der Waals surface area (Å²) in [5.41, 5.74) is 6.28. The predicted octanol–water partition coefficient (Wildman–Crippen LogP) is 5.64. The number of fused-ring (bicyclic) bond motifs is 3. The third-order valence-electron chi connectivity index (χ3n) is 4.47. The van der Waals surface area contributed by atoms with Crippen LogP contribution in [0.4, 0.5) is 5.69 Å². The minimum Gasteiger partial charge on any atom is -0.663 e. The molecule has 1 aliphatic heterocycles. The Kier molecular flexibility index (Phi) is 7.17. The van der Waals surface area contributed by atoms with E-state index in [1.165, 1.54) is 23.2 Å². The van der Waals surface area contributed by atoms with Gasteiger partial charge in [-0.3, -0.25) is 0 Å². The standard InChI is InChI=1S/C14H17N.C6H15NSi.Ti/c1-10-8-9-12-11-6-4-5-7-13(11)15(2,3)14(10)12;1-6(2,3)7-8(4)5;/h4-8,12H,9H2,1-3H3;1-5H3;/q;-1;+2. The van der Waals surface area contributed by atoms with Crippen LogP contribution in [0.3, 0.4) is 0 Å². The quantitative estimate of drug-likeness (QED) is 0.342. The zero-order valence-electron chi connectivity index (χ0n) is 16.6. The van der Waals surface area contributed by atoms with E-state index in [-0.39, 0.29) is 36.2 Å². The Hall–Kier alpha value is -0.319. The largest absolute Gasteiger partial charge is 2.00 e. The van der Waals surface area contributed by atoms with Crippen molar-refractivity contribution in [1.82, 2.24) is 4.48 Å². The molecule has 1 aliphatic carbocycles. The molecule has 2 aliphatic rings. The van der Waals surface area contributed by atoms with Crippen LogP contribution in [-0.2, 0) is 21.7 Å². The van der Waals surface area contributed by atoms with E-state index >= 15 is 0 Å². The zero-order chi connectivity index (χ0) is 17.4. The summed E-state index contributed by atoms with van der Waals surface area (Å²) in [5.74, 6) is 0.649. The van der Waals surface area contributed by atoms with Crippen LogP contribution in [0.25, 0.3) is 4.98 Å². The van der Waals surface area contributed by atoms with E-state index in [4.69, 9.17) is 0 Å². The fourth-order valence-corrected chi connectivity index (χ4v) is 5.32. The molecule has 4 heteroatoms. The van der Waals surface area contributed by atoms with Crippen LogP contribution in [0.5, 0.6) is 0 Å². The molecule has 0 fully saturated rings. The second kappa shape index (κ2) is 7.92. The van der Waals surface area contributed by atoms with E-state index in [1.807, 2.05) is 0 Å². The summed E-state index contributed by atoms with van der Waals surface area (Å²) in [7, 11) is 4.24. The van der Waals surface area contributed by atoms with Crippen molar-refractivity contribution < 1.29 is 21.7 Å². The number of quaternary nitrogens is 1. The normalized spacial score (nSPS) is 20.6. The SMILES string of the molecule is CC1=C2C(C[CH-]1)c1ccccc1[N+]2(C)C.C[Si](C)[N-]C(C)(C)C.[Ti+2]. The van der Waals surface area contributed by atoms with Crippen LogP contribution in [0, 0.1) is 6.42 Å². The van der Waals surface area contributed by atoms with Gasteiger partial charge < -0.3 is 9.47 Å². The minimum atomic E-state index is -0.367. The van der Waals surface area contributed by atoms with Crippen molar-refractivity contribution in [3.05, 3.63) is 52.5 Å². The molecule has 1 aromatic rings. The molecule has 1 radical (unpaired) electrons. The van der Waals surface area contributed by atoms with E-state index in [9.17, 15) is 0 Å². The molecule has 0 bridgehead atoms. The van der Waals surface area contributed by atoms with Gasteiger partial charge in [0.05, 0.1) is 14.1 Å². The maximum absolute atomic E-state index is 4.51. The van der Waals surface area contributed by atoms with E-state index in [0.29, 0.717) is 5.92 Å². The maximum Gasteiger partial charge on any atom is 2.00 e. The Morgan fingerprint density at radius 3 is 2.25 bits per heavy atom. The fourth-order valence-electron chi connectivity index (χ4n) is 3.98. The number of hydrogen-bond acceptors (Lipinski definition) is 0. The van der Waals surface area contributed by atoms with Gasteiger partial charge in [0.1, 0.15) is 5.69 Å². The van der Waals surface area contributed by atoms with Gasteiger partial charge in [0.25, 0.3) is 0 Å². The molecule has 0 amide bonds. The van der Waals surface area contributed by atoms with E-state index < -0.39 is 0 Å². The van der Waals surface area contributed by atoms with Gasteiger partial charge in [0.2, 0.25) is 0 Å². The number of likely N-dealkylation sites (N-methyl/N-ethyl adjacent to an activating group) is 1. The van der Waals surface area contributed by atoms with Crippen molar-refractivity contribution in [2.24, 2.45) is 0 Å². The van der Waals surface area contributed by atoms with Crippen LogP contribution in [-0.4, -0.2) is 28.6 Å². The molecule has 1 aromatic carbocycles. The first-order chi connectivity index (χ1) is 10.5. The summed E-state index contributed by atoms with van der Waals surface area (Å²) in [4.78, 5) is 4.51. The molecule has 129 valence electrons. The van der Waals surface area contributed by atoms with Gasteiger partial charge in [-0.25, -0.2) is 6.42 Å². The molecule has 3 rings (SSSR count). The molecule has 0 N–H and O–H groups in total. The molecule has 1 heterocycles. The van der Waals surface area contributed by atoms with Crippen LogP contribution >= 0.6 is 0 Å². The monoisotopic (exact) mass is 376 g/mol. The fraction of sp³-hybridized carbons (Fsp3) is 0.550. The van der Waals surface area contributed by atoms with Gasteiger partial charge in [0.15, 0.2) is 0 Å². The van der Waals surface area contributed by atoms with Crippen molar-refractivity contribution in [2.75, 3.05) is 14.1 Å². The Labute approximate surface area is 165 Å². The molecule has 1 unspecified atom stereocenters. The molecular weight excluding hydrogens is 344 g/mol. The van der Waals surface area contributed by atoms with Gasteiger partial charge in [-0.05, 0) is 17.7 Å². The minimum absolute atomic E-state index is 0. The van der Waals surface area contributed by atoms with Gasteiger partial charge in [-0.1, -0.05) is 67.9 Å². The molecule has 1 atom stereocenters. The van der Waals surface area contributed by atoms with Gasteiger partial charge in [-0.15, -0.1) is 12.0 Å². The number of para-hydroxylation sites is 1. The zero-order valence-corrected chi connectivity index (χ0v) is 19.1. The van der Waals surface area contributed by atoms with E-state index in [0.717, 1.165) is 4.48 Å². The van der Waals surface area contributed by atoms with E-state index in [2.05, 4.69) is 90.6 Å².